The van der Waals surface area contributed by atoms with Crippen molar-refractivity contribution >= 4 is 52.7 Å². The number of thiocyanates is 1. The number of nitriles is 1. The summed E-state index contributed by atoms with van der Waals surface area (Å²) in [6.45, 7) is 3.36. The maximum atomic E-state index is 11.2. The normalized spacial score (nSPS) is 13.1. The second kappa shape index (κ2) is 6.54. The van der Waals surface area contributed by atoms with Crippen LogP contribution in [0.1, 0.15) is 13.8 Å². The minimum Gasteiger partial charge on any atom is -0.447 e. The van der Waals surface area contributed by atoms with Crippen molar-refractivity contribution in [2.75, 3.05) is 0 Å². The van der Waals surface area contributed by atoms with E-state index in [1.165, 1.54) is 0 Å². The van der Waals surface area contributed by atoms with Crippen LogP contribution in [-0.4, -0.2) is 21.4 Å². The number of alkyl carbamates (subject to hydrolysis) is 1. The first kappa shape index (κ1) is 15.0. The number of nitrogens with one attached hydrogen (secondary N) is 1. The zero-order valence-corrected chi connectivity index (χ0v) is 11.0. The second-order valence-electron chi connectivity index (χ2n) is 2.73. The number of nitrogens with zero attached hydrogens (tertiary/aromatic N) is 1. The Kier molecular flexibility index (Phi) is 6.53. The van der Waals surface area contributed by atoms with Crippen molar-refractivity contribution in [3.8, 4) is 5.40 Å². The molecule has 1 atom stereocenters. The largest absolute Gasteiger partial charge is 0.447 e. The highest BCUT2D eigenvalue weighted by Crippen LogP contribution is 2.35. The molecule has 0 fully saturated rings. The van der Waals surface area contributed by atoms with Crippen LogP contribution in [-0.2, 0) is 4.74 Å². The first-order valence-corrected chi connectivity index (χ1v) is 5.87. The van der Waals surface area contributed by atoms with Gasteiger partial charge in [-0.15, -0.1) is 0 Å². The summed E-state index contributed by atoms with van der Waals surface area (Å²) in [5.74, 6) is 0. The van der Waals surface area contributed by atoms with Gasteiger partial charge in [-0.3, -0.25) is 0 Å². The van der Waals surface area contributed by atoms with E-state index < -0.39 is 15.3 Å². The van der Waals surface area contributed by atoms with Crippen LogP contribution >= 0.6 is 46.6 Å². The predicted molar refractivity (Wildman–Crippen MR) is 62.0 cm³/mol. The third kappa shape index (κ3) is 6.96. The fourth-order valence-corrected chi connectivity index (χ4v) is 1.54. The van der Waals surface area contributed by atoms with Crippen molar-refractivity contribution in [1.82, 2.24) is 5.32 Å². The van der Waals surface area contributed by atoms with E-state index in [4.69, 9.17) is 44.8 Å². The lowest BCUT2D eigenvalue weighted by molar-refractivity contribution is 0.115. The molecule has 0 aromatic heterocycles. The highest BCUT2D eigenvalue weighted by Gasteiger charge is 2.35. The summed E-state index contributed by atoms with van der Waals surface area (Å²) in [6.07, 6.45) is -1.02. The van der Waals surface area contributed by atoms with Crippen molar-refractivity contribution in [2.24, 2.45) is 0 Å². The standard InChI is InChI=1S/C7H9Cl3N2O2S/c1-4(2)14-6(13)12-5(15-3-11)7(8,9)10/h4-5H,1-2H3,(H,12,13). The Balaban J connectivity index is 4.31. The highest BCUT2D eigenvalue weighted by atomic mass is 35.6. The predicted octanol–water partition coefficient (Wildman–Crippen LogP) is 3.03. The number of hydrogen-bond donors (Lipinski definition) is 1. The summed E-state index contributed by atoms with van der Waals surface area (Å²) in [5.41, 5.74) is 0. The van der Waals surface area contributed by atoms with E-state index >= 15 is 0 Å². The zero-order valence-electron chi connectivity index (χ0n) is 7.96. The third-order valence-electron chi connectivity index (χ3n) is 1.06. The van der Waals surface area contributed by atoms with E-state index in [0.717, 1.165) is 0 Å². The molecule has 1 N–H and O–H groups in total. The summed E-state index contributed by atoms with van der Waals surface area (Å²) < 4.78 is 3.01. The van der Waals surface area contributed by atoms with Crippen molar-refractivity contribution in [2.45, 2.75) is 29.1 Å². The van der Waals surface area contributed by atoms with Gasteiger partial charge >= 0.3 is 6.09 Å². The molecule has 1 unspecified atom stereocenters. The molecule has 0 bridgehead atoms. The SMILES string of the molecule is CC(C)OC(=O)NC(SC#N)C(Cl)(Cl)Cl. The summed E-state index contributed by atoms with van der Waals surface area (Å²) in [6, 6.07) is 0. The lowest BCUT2D eigenvalue weighted by Crippen LogP contribution is -2.42. The number of thioether (sulfide) groups is 1. The van der Waals surface area contributed by atoms with Crippen LogP contribution in [0.3, 0.4) is 0 Å². The molecule has 0 saturated heterocycles. The molecule has 0 saturated carbocycles. The first-order valence-electron chi connectivity index (χ1n) is 3.86. The molecule has 0 radical (unpaired) electrons. The van der Waals surface area contributed by atoms with Gasteiger partial charge in [0.25, 0.3) is 0 Å². The maximum Gasteiger partial charge on any atom is 0.408 e. The fraction of sp³-hybridized carbons (Fsp3) is 0.714. The number of carbonyl (C=O) groups is 1. The fourth-order valence-electron chi connectivity index (χ4n) is 0.586. The van der Waals surface area contributed by atoms with Crippen molar-refractivity contribution < 1.29 is 9.53 Å². The van der Waals surface area contributed by atoms with Gasteiger partial charge in [0.05, 0.1) is 6.10 Å². The van der Waals surface area contributed by atoms with Gasteiger partial charge in [0.1, 0.15) is 10.8 Å². The van der Waals surface area contributed by atoms with Crippen LogP contribution in [0.2, 0.25) is 0 Å². The Bertz CT molecular complexity index is 262. The van der Waals surface area contributed by atoms with E-state index in [2.05, 4.69) is 5.32 Å². The Morgan fingerprint density at radius 2 is 2.07 bits per heavy atom. The van der Waals surface area contributed by atoms with Gasteiger partial charge in [0.2, 0.25) is 3.79 Å². The molecule has 0 heterocycles. The highest BCUT2D eigenvalue weighted by molar-refractivity contribution is 8.04. The summed E-state index contributed by atoms with van der Waals surface area (Å²) >= 11 is 17.3. The number of rotatable bonds is 3. The average molecular weight is 292 g/mol. The second-order valence-corrected chi connectivity index (χ2v) is 5.99. The minimum absolute atomic E-state index is 0.284. The molecule has 1 amide bonds. The van der Waals surface area contributed by atoms with E-state index in [1.807, 2.05) is 0 Å². The molecule has 0 rings (SSSR count). The smallest absolute Gasteiger partial charge is 0.408 e. The van der Waals surface area contributed by atoms with Crippen LogP contribution in [0.4, 0.5) is 4.79 Å². The minimum atomic E-state index is -1.77. The molecule has 0 spiro atoms. The maximum absolute atomic E-state index is 11.2. The van der Waals surface area contributed by atoms with E-state index in [0.29, 0.717) is 11.8 Å². The number of halogens is 3. The van der Waals surface area contributed by atoms with Crippen molar-refractivity contribution in [1.29, 1.82) is 5.26 Å². The molecule has 15 heavy (non-hydrogen) atoms. The van der Waals surface area contributed by atoms with E-state index in [9.17, 15) is 4.79 Å². The molecule has 0 aromatic rings. The van der Waals surface area contributed by atoms with E-state index in [1.54, 1.807) is 19.2 Å². The van der Waals surface area contributed by atoms with Crippen LogP contribution in [0.15, 0.2) is 0 Å². The number of amides is 1. The van der Waals surface area contributed by atoms with Gasteiger partial charge in [0, 0.05) is 0 Å². The topological polar surface area (TPSA) is 62.1 Å². The average Bonchev–Trinajstić information content (AvgIpc) is 2.00. The van der Waals surface area contributed by atoms with Gasteiger partial charge in [-0.05, 0) is 25.6 Å². The zero-order chi connectivity index (χ0) is 12.1. The molecule has 0 aromatic carbocycles. The Morgan fingerprint density at radius 3 is 2.40 bits per heavy atom. The molecular weight excluding hydrogens is 283 g/mol. The number of ether oxygens (including phenoxy) is 1. The quantitative estimate of drug-likeness (QED) is 0.493. The molecular formula is C7H9Cl3N2O2S. The molecule has 4 nitrogen and oxygen atoms in total. The molecule has 0 aliphatic carbocycles. The number of carbonyl (C=O) groups excluding carboxylic acids is 1. The Labute approximate surface area is 107 Å². The third-order valence-corrected chi connectivity index (χ3v) is 2.91. The van der Waals surface area contributed by atoms with Crippen LogP contribution < -0.4 is 5.32 Å². The van der Waals surface area contributed by atoms with Crippen LogP contribution in [0, 0.1) is 10.7 Å². The summed E-state index contributed by atoms with van der Waals surface area (Å²) in [4.78, 5) is 11.2. The van der Waals surface area contributed by atoms with Gasteiger partial charge in [-0.2, -0.15) is 5.26 Å². The van der Waals surface area contributed by atoms with Crippen molar-refractivity contribution in [3.05, 3.63) is 0 Å². The molecule has 0 aliphatic rings. The monoisotopic (exact) mass is 290 g/mol. The number of hydrogen-bond acceptors (Lipinski definition) is 4. The van der Waals surface area contributed by atoms with Crippen LogP contribution in [0.25, 0.3) is 0 Å². The first-order chi connectivity index (χ1) is 6.77. The van der Waals surface area contributed by atoms with E-state index in [-0.39, 0.29) is 6.10 Å². The lowest BCUT2D eigenvalue weighted by Gasteiger charge is -2.22. The Hall–Kier alpha value is -0.0200. The van der Waals surface area contributed by atoms with Gasteiger partial charge in [-0.1, -0.05) is 34.8 Å². The molecule has 86 valence electrons. The summed E-state index contributed by atoms with van der Waals surface area (Å²) in [5, 5.41) is 11.5. The molecule has 8 heteroatoms. The Morgan fingerprint density at radius 1 is 1.53 bits per heavy atom. The van der Waals surface area contributed by atoms with Gasteiger partial charge in [0.15, 0.2) is 0 Å². The van der Waals surface area contributed by atoms with Gasteiger partial charge in [-0.25, -0.2) is 4.79 Å². The van der Waals surface area contributed by atoms with Gasteiger partial charge < -0.3 is 10.1 Å². The lowest BCUT2D eigenvalue weighted by atomic mass is 10.5. The van der Waals surface area contributed by atoms with Crippen molar-refractivity contribution in [3.63, 3.8) is 0 Å². The number of alkyl halides is 3. The van der Waals surface area contributed by atoms with Crippen LogP contribution in [0.5, 0.6) is 0 Å². The molecule has 0 aliphatic heterocycles. The summed E-state index contributed by atoms with van der Waals surface area (Å²) in [7, 11) is 0.